The Bertz CT molecular complexity index is 1040. The maximum atomic E-state index is 11.9. The van der Waals surface area contributed by atoms with Crippen molar-refractivity contribution in [3.63, 3.8) is 0 Å². The number of ketones is 1. The summed E-state index contributed by atoms with van der Waals surface area (Å²) in [5.74, 6) is 1.41. The fraction of sp³-hybridized carbons (Fsp3) is 0.238. The maximum absolute atomic E-state index is 11.9. The third-order valence-corrected chi connectivity index (χ3v) is 6.30. The molecule has 0 fully saturated rings. The summed E-state index contributed by atoms with van der Waals surface area (Å²) in [7, 11) is 0. The predicted octanol–water partition coefficient (Wildman–Crippen LogP) is 5.06. The Morgan fingerprint density at radius 3 is 2.96 bits per heavy atom. The van der Waals surface area contributed by atoms with Gasteiger partial charge in [-0.05, 0) is 66.8 Å². The summed E-state index contributed by atoms with van der Waals surface area (Å²) in [6, 6.07) is 10.4. The van der Waals surface area contributed by atoms with Crippen molar-refractivity contribution in [1.29, 1.82) is 0 Å². The number of hydrogen-bond donors (Lipinski definition) is 1. The molecule has 1 aromatic heterocycles. The molecule has 1 aliphatic heterocycles. The number of rotatable bonds is 2. The Morgan fingerprint density at radius 1 is 1.12 bits per heavy atom. The fourth-order valence-electron chi connectivity index (χ4n) is 3.92. The Kier molecular flexibility index (Phi) is 3.35. The highest BCUT2D eigenvalue weighted by molar-refractivity contribution is 7.99. The quantitative estimate of drug-likeness (QED) is 0.704. The van der Waals surface area contributed by atoms with E-state index in [1.807, 2.05) is 30.1 Å². The van der Waals surface area contributed by atoms with Crippen LogP contribution < -0.4 is 5.32 Å². The molecule has 2 heterocycles. The second kappa shape index (κ2) is 5.60. The summed E-state index contributed by atoms with van der Waals surface area (Å²) in [5, 5.41) is 4.88. The number of carbonyl (C=O) groups is 1. The second-order valence-corrected chi connectivity index (χ2v) is 7.91. The predicted molar refractivity (Wildman–Crippen MR) is 103 cm³/mol. The highest BCUT2D eigenvalue weighted by Crippen LogP contribution is 2.40. The largest absolute Gasteiger partial charge is 0.355 e. The Balaban J connectivity index is 1.65. The van der Waals surface area contributed by atoms with Crippen LogP contribution in [0.3, 0.4) is 0 Å². The van der Waals surface area contributed by atoms with Gasteiger partial charge in [0.15, 0.2) is 5.78 Å². The molecular formula is C21H18N2OS. The average molecular weight is 346 g/mol. The summed E-state index contributed by atoms with van der Waals surface area (Å²) in [4.78, 5) is 17.9. The molecule has 5 rings (SSSR count). The summed E-state index contributed by atoms with van der Waals surface area (Å²) < 4.78 is 0. The zero-order chi connectivity index (χ0) is 17.0. The first-order valence-electron chi connectivity index (χ1n) is 8.68. The molecular weight excluding hydrogens is 328 g/mol. The van der Waals surface area contributed by atoms with Crippen LogP contribution in [0.5, 0.6) is 0 Å². The molecule has 1 aliphatic carbocycles. The first-order chi connectivity index (χ1) is 12.2. The zero-order valence-corrected chi connectivity index (χ0v) is 14.9. The lowest BCUT2D eigenvalue weighted by molar-refractivity contribution is 0.0994. The third-order valence-electron chi connectivity index (χ3n) is 5.20. The van der Waals surface area contributed by atoms with Crippen molar-refractivity contribution in [2.75, 3.05) is 11.1 Å². The van der Waals surface area contributed by atoms with Crippen LogP contribution in [0.2, 0.25) is 0 Å². The van der Waals surface area contributed by atoms with Gasteiger partial charge in [-0.25, -0.2) is 0 Å². The number of Topliss-reactive ketones (excluding diaryl/α,β-unsaturated/α-hetero) is 1. The van der Waals surface area contributed by atoms with Gasteiger partial charge in [0.05, 0.1) is 11.2 Å². The number of nitrogens with zero attached hydrogens (tertiary/aromatic N) is 1. The number of thioether (sulfide) groups is 1. The van der Waals surface area contributed by atoms with Gasteiger partial charge in [0.1, 0.15) is 0 Å². The van der Waals surface area contributed by atoms with Crippen LogP contribution in [-0.2, 0) is 12.8 Å². The Labute approximate surface area is 150 Å². The van der Waals surface area contributed by atoms with E-state index >= 15 is 0 Å². The van der Waals surface area contributed by atoms with Gasteiger partial charge < -0.3 is 5.32 Å². The molecule has 0 unspecified atom stereocenters. The topological polar surface area (TPSA) is 42.0 Å². The van der Waals surface area contributed by atoms with Crippen molar-refractivity contribution in [2.45, 2.75) is 31.1 Å². The van der Waals surface area contributed by atoms with E-state index in [1.165, 1.54) is 15.8 Å². The molecule has 2 aromatic carbocycles. The van der Waals surface area contributed by atoms with Crippen molar-refractivity contribution in [1.82, 2.24) is 4.98 Å². The first-order valence-corrected chi connectivity index (χ1v) is 9.66. The molecule has 1 N–H and O–H groups in total. The number of pyridine rings is 1. The second-order valence-electron chi connectivity index (χ2n) is 6.77. The minimum atomic E-state index is 0.266. The highest BCUT2D eigenvalue weighted by atomic mass is 32.2. The molecule has 0 saturated carbocycles. The Hall–Kier alpha value is -2.33. The molecule has 3 nitrogen and oxygen atoms in total. The van der Waals surface area contributed by atoms with Crippen LogP contribution in [0.1, 0.15) is 33.5 Å². The van der Waals surface area contributed by atoms with E-state index in [9.17, 15) is 4.79 Å². The zero-order valence-electron chi connectivity index (χ0n) is 14.1. The van der Waals surface area contributed by atoms with Crippen LogP contribution >= 0.6 is 11.8 Å². The normalized spacial score (nSPS) is 15.5. The number of hydrogen-bond acceptors (Lipinski definition) is 4. The van der Waals surface area contributed by atoms with Gasteiger partial charge in [-0.2, -0.15) is 0 Å². The van der Waals surface area contributed by atoms with E-state index in [0.717, 1.165) is 52.2 Å². The van der Waals surface area contributed by atoms with Gasteiger partial charge in [0, 0.05) is 39.9 Å². The Morgan fingerprint density at radius 2 is 2.04 bits per heavy atom. The number of aryl methyl sites for hydroxylation is 3. The van der Waals surface area contributed by atoms with E-state index in [2.05, 4.69) is 35.4 Å². The van der Waals surface area contributed by atoms with Crippen LogP contribution in [0.4, 0.5) is 11.4 Å². The van der Waals surface area contributed by atoms with Gasteiger partial charge in [-0.3, -0.25) is 9.78 Å². The van der Waals surface area contributed by atoms with Crippen LogP contribution in [0, 0.1) is 6.92 Å². The third kappa shape index (κ3) is 2.35. The standard InChI is InChI=1S/C21H18N2OS/c1-12-11-22-17-5-7-19-16(8-9-25-19)20(17)21(12)23-14-3-4-15-13(10-14)2-6-18(15)24/h3-5,7,10-11H,2,6,8-9H2,1H3,(H,22,23). The van der Waals surface area contributed by atoms with Gasteiger partial charge in [-0.1, -0.05) is 0 Å². The van der Waals surface area contributed by atoms with E-state index in [-0.39, 0.29) is 5.78 Å². The summed E-state index contributed by atoms with van der Waals surface area (Å²) in [6.45, 7) is 2.10. The molecule has 124 valence electrons. The molecule has 0 bridgehead atoms. The maximum Gasteiger partial charge on any atom is 0.163 e. The molecule has 0 atom stereocenters. The van der Waals surface area contributed by atoms with Crippen molar-refractivity contribution in [3.8, 4) is 0 Å². The molecule has 0 radical (unpaired) electrons. The van der Waals surface area contributed by atoms with Crippen molar-refractivity contribution in [3.05, 3.63) is 58.8 Å². The van der Waals surface area contributed by atoms with E-state index in [0.29, 0.717) is 6.42 Å². The lowest BCUT2D eigenvalue weighted by atomic mass is 10.0. The van der Waals surface area contributed by atoms with Crippen LogP contribution in [0.15, 0.2) is 41.4 Å². The average Bonchev–Trinajstić information content (AvgIpc) is 3.24. The first kappa shape index (κ1) is 15.0. The fourth-order valence-corrected chi connectivity index (χ4v) is 4.98. The van der Waals surface area contributed by atoms with Gasteiger partial charge in [0.2, 0.25) is 0 Å². The SMILES string of the molecule is Cc1cnc2ccc3c(c2c1Nc1ccc2c(c1)CCC2=O)CCS3. The van der Waals surface area contributed by atoms with E-state index < -0.39 is 0 Å². The minimum absolute atomic E-state index is 0.266. The number of anilines is 2. The van der Waals surface area contributed by atoms with Gasteiger partial charge in [0.25, 0.3) is 0 Å². The smallest absolute Gasteiger partial charge is 0.163 e. The minimum Gasteiger partial charge on any atom is -0.355 e. The summed E-state index contributed by atoms with van der Waals surface area (Å²) in [6.07, 6.45) is 4.53. The monoisotopic (exact) mass is 346 g/mol. The van der Waals surface area contributed by atoms with Gasteiger partial charge >= 0.3 is 0 Å². The molecule has 0 saturated heterocycles. The van der Waals surface area contributed by atoms with Crippen molar-refractivity contribution >= 4 is 39.8 Å². The van der Waals surface area contributed by atoms with E-state index in [4.69, 9.17) is 0 Å². The lowest BCUT2D eigenvalue weighted by Gasteiger charge is -2.16. The van der Waals surface area contributed by atoms with Crippen molar-refractivity contribution < 1.29 is 4.79 Å². The summed E-state index contributed by atoms with van der Waals surface area (Å²) in [5.41, 5.74) is 7.85. The molecule has 2 aliphatic rings. The molecule has 0 spiro atoms. The van der Waals surface area contributed by atoms with Crippen molar-refractivity contribution in [2.24, 2.45) is 0 Å². The number of benzene rings is 2. The van der Waals surface area contributed by atoms with Crippen LogP contribution in [-0.4, -0.2) is 16.5 Å². The molecule has 4 heteroatoms. The molecule has 0 amide bonds. The molecule has 25 heavy (non-hydrogen) atoms. The van der Waals surface area contributed by atoms with Gasteiger partial charge in [-0.15, -0.1) is 11.8 Å². The number of carbonyl (C=O) groups excluding carboxylic acids is 1. The number of fused-ring (bicyclic) bond motifs is 4. The summed E-state index contributed by atoms with van der Waals surface area (Å²) >= 11 is 1.93. The van der Waals surface area contributed by atoms with Crippen LogP contribution in [0.25, 0.3) is 10.9 Å². The lowest BCUT2D eigenvalue weighted by Crippen LogP contribution is -2.00. The highest BCUT2D eigenvalue weighted by Gasteiger charge is 2.21. The van der Waals surface area contributed by atoms with E-state index in [1.54, 1.807) is 0 Å². The number of nitrogens with one attached hydrogen (secondary N) is 1. The molecule has 3 aromatic rings. The number of aromatic nitrogens is 1.